The van der Waals surface area contributed by atoms with E-state index in [9.17, 15) is 9.90 Å². The van der Waals surface area contributed by atoms with Gasteiger partial charge in [-0.2, -0.15) is 0 Å². The van der Waals surface area contributed by atoms with Crippen LogP contribution in [0.5, 0.6) is 5.75 Å². The number of anilines is 1. The van der Waals surface area contributed by atoms with Gasteiger partial charge >= 0.3 is 0 Å². The number of rotatable bonds is 6. The molecule has 0 unspecified atom stereocenters. The summed E-state index contributed by atoms with van der Waals surface area (Å²) in [7, 11) is 3.18. The molecule has 0 bridgehead atoms. The zero-order valence-corrected chi connectivity index (χ0v) is 16.0. The van der Waals surface area contributed by atoms with Gasteiger partial charge in [0, 0.05) is 31.3 Å². The molecule has 1 heterocycles. The van der Waals surface area contributed by atoms with Crippen LogP contribution in [0.1, 0.15) is 43.6 Å². The summed E-state index contributed by atoms with van der Waals surface area (Å²) in [5, 5.41) is 10.3. The third kappa shape index (κ3) is 4.32. The lowest BCUT2D eigenvalue weighted by molar-refractivity contribution is -0.0946. The largest absolute Gasteiger partial charge is 0.494 e. The van der Waals surface area contributed by atoms with E-state index in [0.29, 0.717) is 18.7 Å². The Kier molecular flexibility index (Phi) is 6.08. The van der Waals surface area contributed by atoms with Crippen LogP contribution in [-0.4, -0.2) is 57.2 Å². The van der Waals surface area contributed by atoms with Crippen LogP contribution < -0.4 is 9.64 Å². The molecule has 0 spiro atoms. The second-order valence-electron chi connectivity index (χ2n) is 7.47. The van der Waals surface area contributed by atoms with Crippen molar-refractivity contribution in [1.29, 1.82) is 0 Å². The SMILES string of the molecule is COCO[C@H]1CN(c2cc(C(C)=O)cc(C(C)(C)C)c2OC)C[C@@H]1O. The summed E-state index contributed by atoms with van der Waals surface area (Å²) in [6, 6.07) is 3.73. The van der Waals surface area contributed by atoms with Gasteiger partial charge in [-0.25, -0.2) is 0 Å². The van der Waals surface area contributed by atoms with Gasteiger partial charge in [-0.3, -0.25) is 4.79 Å². The van der Waals surface area contributed by atoms with Gasteiger partial charge in [-0.1, -0.05) is 20.8 Å². The van der Waals surface area contributed by atoms with Crippen molar-refractivity contribution in [3.63, 3.8) is 0 Å². The first-order chi connectivity index (χ1) is 11.7. The first kappa shape index (κ1) is 19.7. The number of ether oxygens (including phenoxy) is 3. The normalized spacial score (nSPS) is 20.8. The highest BCUT2D eigenvalue weighted by Crippen LogP contribution is 2.41. The molecule has 140 valence electrons. The van der Waals surface area contributed by atoms with Gasteiger partial charge < -0.3 is 24.2 Å². The molecule has 0 amide bonds. The van der Waals surface area contributed by atoms with Crippen LogP contribution in [-0.2, 0) is 14.9 Å². The topological polar surface area (TPSA) is 68.2 Å². The monoisotopic (exact) mass is 351 g/mol. The molecule has 0 saturated carbocycles. The first-order valence-corrected chi connectivity index (χ1v) is 8.46. The number of Topliss-reactive ketones (excluding diaryl/α,β-unsaturated/α-hetero) is 1. The summed E-state index contributed by atoms with van der Waals surface area (Å²) in [6.07, 6.45) is -0.970. The highest BCUT2D eigenvalue weighted by Gasteiger charge is 2.35. The van der Waals surface area contributed by atoms with Gasteiger partial charge in [-0.05, 0) is 24.5 Å². The zero-order valence-electron chi connectivity index (χ0n) is 16.0. The number of carbonyl (C=O) groups is 1. The Hall–Kier alpha value is -1.63. The van der Waals surface area contributed by atoms with Gasteiger partial charge in [0.1, 0.15) is 18.6 Å². The van der Waals surface area contributed by atoms with Crippen molar-refractivity contribution in [1.82, 2.24) is 0 Å². The number of aliphatic hydroxyl groups excluding tert-OH is 1. The van der Waals surface area contributed by atoms with Crippen molar-refractivity contribution in [2.75, 3.05) is 39.0 Å². The van der Waals surface area contributed by atoms with E-state index < -0.39 is 6.10 Å². The quantitative estimate of drug-likeness (QED) is 0.627. The molecule has 25 heavy (non-hydrogen) atoms. The number of hydrogen-bond acceptors (Lipinski definition) is 6. The van der Waals surface area contributed by atoms with E-state index in [1.807, 2.05) is 17.0 Å². The zero-order chi connectivity index (χ0) is 18.8. The first-order valence-electron chi connectivity index (χ1n) is 8.46. The molecule has 0 aliphatic carbocycles. The van der Waals surface area contributed by atoms with Crippen LogP contribution in [0.2, 0.25) is 0 Å². The number of β-amino-alcohol motifs (C(OH)–C–C–N with tert-alkyl or cyclic N) is 1. The fourth-order valence-corrected chi connectivity index (χ4v) is 3.10. The average Bonchev–Trinajstić information content (AvgIpc) is 2.91. The maximum absolute atomic E-state index is 12.0. The second kappa shape index (κ2) is 7.72. The molecule has 1 aliphatic heterocycles. The van der Waals surface area contributed by atoms with E-state index in [1.165, 1.54) is 0 Å². The van der Waals surface area contributed by atoms with Crippen LogP contribution >= 0.6 is 0 Å². The lowest BCUT2D eigenvalue weighted by atomic mass is 9.84. The van der Waals surface area contributed by atoms with Crippen LogP contribution in [0.3, 0.4) is 0 Å². The van der Waals surface area contributed by atoms with E-state index >= 15 is 0 Å². The van der Waals surface area contributed by atoms with Gasteiger partial charge in [0.25, 0.3) is 0 Å². The highest BCUT2D eigenvalue weighted by molar-refractivity contribution is 5.96. The van der Waals surface area contributed by atoms with Crippen molar-refractivity contribution >= 4 is 11.5 Å². The molecule has 0 radical (unpaired) electrons. The fourth-order valence-electron chi connectivity index (χ4n) is 3.10. The lowest BCUT2D eigenvalue weighted by Crippen LogP contribution is -2.27. The van der Waals surface area contributed by atoms with Crippen LogP contribution in [0.4, 0.5) is 5.69 Å². The number of ketones is 1. The van der Waals surface area contributed by atoms with E-state index in [-0.39, 0.29) is 24.1 Å². The molecule has 1 aromatic rings. The summed E-state index contributed by atoms with van der Waals surface area (Å²) in [5.41, 5.74) is 2.23. The van der Waals surface area contributed by atoms with Gasteiger partial charge in [0.05, 0.1) is 18.9 Å². The van der Waals surface area contributed by atoms with Gasteiger partial charge in [-0.15, -0.1) is 0 Å². The maximum Gasteiger partial charge on any atom is 0.159 e. The van der Waals surface area contributed by atoms with E-state index in [0.717, 1.165) is 17.0 Å². The van der Waals surface area contributed by atoms with E-state index in [1.54, 1.807) is 21.1 Å². The van der Waals surface area contributed by atoms with E-state index in [4.69, 9.17) is 14.2 Å². The molecule has 2 atom stereocenters. The Bertz CT molecular complexity index is 623. The minimum atomic E-state index is -0.626. The predicted molar refractivity (Wildman–Crippen MR) is 96.7 cm³/mol. The Morgan fingerprint density at radius 2 is 1.96 bits per heavy atom. The van der Waals surface area contributed by atoms with E-state index in [2.05, 4.69) is 20.8 Å². The summed E-state index contributed by atoms with van der Waals surface area (Å²) >= 11 is 0. The molecular formula is C19H29NO5. The smallest absolute Gasteiger partial charge is 0.159 e. The number of benzene rings is 1. The van der Waals surface area contributed by atoms with Crippen LogP contribution in [0, 0.1) is 0 Å². The van der Waals surface area contributed by atoms with Crippen molar-refractivity contribution < 1.29 is 24.1 Å². The van der Waals surface area contributed by atoms with Gasteiger partial charge in [0.2, 0.25) is 0 Å². The minimum Gasteiger partial charge on any atom is -0.494 e. The summed E-state index contributed by atoms with van der Waals surface area (Å²) in [5.74, 6) is 0.735. The number of carbonyl (C=O) groups excluding carboxylic acids is 1. The van der Waals surface area contributed by atoms with Gasteiger partial charge in [0.15, 0.2) is 5.78 Å². The molecule has 1 aliphatic rings. The number of aliphatic hydroxyl groups is 1. The molecule has 2 rings (SSSR count). The third-order valence-corrected chi connectivity index (χ3v) is 4.47. The third-order valence-electron chi connectivity index (χ3n) is 4.47. The predicted octanol–water partition coefficient (Wildman–Crippen LogP) is 2.37. The number of hydrogen-bond donors (Lipinski definition) is 1. The number of methoxy groups -OCH3 is 2. The van der Waals surface area contributed by atoms with Crippen LogP contribution in [0.15, 0.2) is 12.1 Å². The van der Waals surface area contributed by atoms with Crippen LogP contribution in [0.25, 0.3) is 0 Å². The number of nitrogens with zero attached hydrogens (tertiary/aromatic N) is 1. The molecule has 1 saturated heterocycles. The molecule has 1 aromatic carbocycles. The Morgan fingerprint density at radius 3 is 2.48 bits per heavy atom. The average molecular weight is 351 g/mol. The lowest BCUT2D eigenvalue weighted by Gasteiger charge is -2.28. The summed E-state index contributed by atoms with van der Waals surface area (Å²) in [4.78, 5) is 14.0. The molecular weight excluding hydrogens is 322 g/mol. The molecule has 0 aromatic heterocycles. The Morgan fingerprint density at radius 1 is 1.28 bits per heavy atom. The highest BCUT2D eigenvalue weighted by atomic mass is 16.7. The molecule has 6 nitrogen and oxygen atoms in total. The van der Waals surface area contributed by atoms with Crippen molar-refractivity contribution in [2.24, 2.45) is 0 Å². The van der Waals surface area contributed by atoms with Crippen molar-refractivity contribution in [2.45, 2.75) is 45.3 Å². The summed E-state index contributed by atoms with van der Waals surface area (Å²) < 4.78 is 16.2. The van der Waals surface area contributed by atoms with Crippen molar-refractivity contribution in [3.05, 3.63) is 23.3 Å². The second-order valence-corrected chi connectivity index (χ2v) is 7.47. The Labute approximate surface area is 149 Å². The molecule has 1 N–H and O–H groups in total. The summed E-state index contributed by atoms with van der Waals surface area (Å²) in [6.45, 7) is 8.86. The Balaban J connectivity index is 2.46. The molecule has 1 fully saturated rings. The fraction of sp³-hybridized carbons (Fsp3) is 0.632. The maximum atomic E-state index is 12.0. The molecule has 6 heteroatoms. The standard InChI is InChI=1S/C19H29NO5/c1-12(21)13-7-14(19(2,3)4)18(24-6)15(8-13)20-9-16(22)17(10-20)25-11-23-5/h7-8,16-17,22H,9-11H2,1-6H3/t16-,17-/m0/s1. The minimum absolute atomic E-state index is 0.00123. The van der Waals surface area contributed by atoms with Crippen molar-refractivity contribution in [3.8, 4) is 5.75 Å².